The van der Waals surface area contributed by atoms with Crippen LogP contribution in [0.2, 0.25) is 0 Å². The summed E-state index contributed by atoms with van der Waals surface area (Å²) in [4.78, 5) is 55.0. The van der Waals surface area contributed by atoms with E-state index in [1.54, 1.807) is 6.07 Å². The van der Waals surface area contributed by atoms with Gasteiger partial charge < -0.3 is 46.0 Å². The lowest BCUT2D eigenvalue weighted by Crippen LogP contribution is -2.15. The Bertz CT molecular complexity index is 6680. The molecule has 548 valence electrons. The number of azo groups is 3. The predicted molar refractivity (Wildman–Crippen MR) is 457 cm³/mol. The van der Waals surface area contributed by atoms with Crippen molar-refractivity contribution in [3.05, 3.63) is 312 Å². The Morgan fingerprint density at radius 2 is 0.681 bits per heavy atom. The Morgan fingerprint density at radius 1 is 0.336 bits per heavy atom. The molecule has 0 saturated carbocycles. The molecule has 18 heteroatoms. The number of nitrogens with one attached hydrogen (secondary N) is 6. The summed E-state index contributed by atoms with van der Waals surface area (Å²) in [6.45, 7) is 6.14. The number of amides is 3. The first-order chi connectivity index (χ1) is 55.4. The van der Waals surface area contributed by atoms with Crippen LogP contribution in [0.5, 0.6) is 11.5 Å². The van der Waals surface area contributed by atoms with Crippen molar-refractivity contribution < 1.29 is 24.6 Å². The van der Waals surface area contributed by atoms with Crippen LogP contribution >= 0.6 is 0 Å². The molecular weight excluding hydrogens is 1400 g/mol. The predicted octanol–water partition coefficient (Wildman–Crippen LogP) is 25.5. The molecule has 0 aliphatic rings. The van der Waals surface area contributed by atoms with Crippen molar-refractivity contribution in [1.82, 2.24) is 15.0 Å². The number of aromatic amines is 3. The molecule has 0 bridgehead atoms. The number of nitrogens with zero attached hydrogens (tertiary/aromatic N) is 7. The Kier molecular flexibility index (Phi) is 18.3. The first kappa shape index (κ1) is 69.8. The highest BCUT2D eigenvalue weighted by atomic mass is 16.3. The minimum absolute atomic E-state index is 0.124. The molecule has 3 amide bonds. The lowest BCUT2D eigenvalue weighted by molar-refractivity contribution is -0.116. The quantitative estimate of drug-likeness (QED) is 0.0344. The van der Waals surface area contributed by atoms with Crippen LogP contribution in [-0.4, -0.2) is 42.9 Å². The summed E-state index contributed by atoms with van der Waals surface area (Å²) in [7, 11) is 0. The molecular formula is C95H73N13O5. The van der Waals surface area contributed by atoms with Crippen LogP contribution < -0.4 is 20.9 Å². The fourth-order valence-corrected chi connectivity index (χ4v) is 15.7. The fourth-order valence-electron chi connectivity index (χ4n) is 15.7. The van der Waals surface area contributed by atoms with Crippen LogP contribution in [0.15, 0.2) is 310 Å². The summed E-state index contributed by atoms with van der Waals surface area (Å²) in [6, 6.07) is 89.8. The smallest absolute Gasteiger partial charge is 0.255 e. The van der Waals surface area contributed by atoms with Gasteiger partial charge in [-0.05, 0) is 186 Å². The van der Waals surface area contributed by atoms with Gasteiger partial charge in [0.2, 0.25) is 11.8 Å². The van der Waals surface area contributed by atoms with E-state index in [1.807, 2.05) is 263 Å². The summed E-state index contributed by atoms with van der Waals surface area (Å²) in [5.74, 6) is -1.17. The van der Waals surface area contributed by atoms with Crippen molar-refractivity contribution in [1.29, 1.82) is 0 Å². The van der Waals surface area contributed by atoms with E-state index in [-0.39, 0.29) is 53.4 Å². The van der Waals surface area contributed by atoms with Crippen molar-refractivity contribution in [2.75, 3.05) is 20.9 Å². The number of aromatic hydroxyl groups is 2. The average Bonchev–Trinajstić information content (AvgIpc) is 1.65. The Hall–Kier alpha value is -14.9. The van der Waals surface area contributed by atoms with Crippen LogP contribution in [0.4, 0.5) is 68.2 Å². The molecule has 0 aliphatic carbocycles. The van der Waals surface area contributed by atoms with Gasteiger partial charge in [0, 0.05) is 116 Å². The molecule has 0 saturated heterocycles. The van der Waals surface area contributed by atoms with E-state index < -0.39 is 0 Å². The van der Waals surface area contributed by atoms with Gasteiger partial charge in [0.15, 0.2) is 0 Å². The Labute approximate surface area is 647 Å². The number of phenols is 2. The first-order valence-corrected chi connectivity index (χ1v) is 37.7. The maximum Gasteiger partial charge on any atom is 0.255 e. The van der Waals surface area contributed by atoms with Gasteiger partial charge in [-0.3, -0.25) is 14.4 Å². The molecule has 0 spiro atoms. The number of carbonyl (C=O) groups is 3. The SMILES string of the molecule is CCc1ccccc1NC(=O)Cc1cc2ccc3c4ccccc4[nH]c3c2c(N=Nc2ccc(N(c3ccc(N=Nc4cc(C(=O)Nc5ccccc5CC)cc5ccc6c7ccccc7[nH]c6c45)cc3)c3ccc(N=Nc4c(O)c(CC(=O)Nc5ccccc5CC)cc5ccc6c7ccccc7[nH]c6c45)cc3)cc2)c1O. The molecule has 18 nitrogen and oxygen atoms in total. The molecule has 3 aromatic heterocycles. The third kappa shape index (κ3) is 13.3. The maximum absolute atomic E-state index is 14.3. The molecule has 0 fully saturated rings. The zero-order chi connectivity index (χ0) is 76.8. The molecule has 3 heterocycles. The minimum Gasteiger partial charge on any atom is -0.505 e. The molecule has 15 aromatic carbocycles. The van der Waals surface area contributed by atoms with E-state index >= 15 is 0 Å². The zero-order valence-electron chi connectivity index (χ0n) is 61.8. The van der Waals surface area contributed by atoms with Crippen LogP contribution in [-0.2, 0) is 41.7 Å². The highest BCUT2D eigenvalue weighted by molar-refractivity contribution is 6.24. The number of anilines is 6. The summed E-state index contributed by atoms with van der Waals surface area (Å²) in [5, 5.41) is 73.8. The number of benzene rings is 15. The highest BCUT2D eigenvalue weighted by Gasteiger charge is 2.25. The second kappa shape index (κ2) is 29.6. The number of hydrogen-bond acceptors (Lipinski definition) is 12. The number of para-hydroxylation sites is 6. The summed E-state index contributed by atoms with van der Waals surface area (Å²) in [6.07, 6.45) is 1.96. The molecule has 8 N–H and O–H groups in total. The third-order valence-corrected chi connectivity index (χ3v) is 21.3. The van der Waals surface area contributed by atoms with Gasteiger partial charge in [-0.2, -0.15) is 15.3 Å². The van der Waals surface area contributed by atoms with Gasteiger partial charge >= 0.3 is 0 Å². The maximum atomic E-state index is 14.3. The molecule has 0 radical (unpaired) electrons. The second-order valence-electron chi connectivity index (χ2n) is 28.2. The molecule has 0 unspecified atom stereocenters. The monoisotopic (exact) mass is 1480 g/mol. The van der Waals surface area contributed by atoms with Gasteiger partial charge in [0.05, 0.1) is 52.1 Å². The van der Waals surface area contributed by atoms with Crippen molar-refractivity contribution in [3.63, 3.8) is 0 Å². The molecule has 18 aromatic rings. The second-order valence-corrected chi connectivity index (χ2v) is 28.2. The number of carbonyl (C=O) groups excluding carboxylic acids is 3. The van der Waals surface area contributed by atoms with E-state index in [2.05, 4.69) is 67.0 Å². The Morgan fingerprint density at radius 3 is 1.08 bits per heavy atom. The number of phenolic OH excluding ortho intramolecular Hbond substituents is 2. The van der Waals surface area contributed by atoms with Gasteiger partial charge in [-0.15, -0.1) is 15.3 Å². The number of aromatic nitrogens is 3. The largest absolute Gasteiger partial charge is 0.505 e. The number of aryl methyl sites for hydroxylation is 3. The lowest BCUT2D eigenvalue weighted by atomic mass is 9.98. The van der Waals surface area contributed by atoms with E-state index in [0.29, 0.717) is 61.6 Å². The van der Waals surface area contributed by atoms with Crippen LogP contribution in [0.25, 0.3) is 97.7 Å². The summed E-state index contributed by atoms with van der Waals surface area (Å²) >= 11 is 0. The van der Waals surface area contributed by atoms with E-state index in [4.69, 9.17) is 30.7 Å². The molecule has 113 heavy (non-hydrogen) atoms. The van der Waals surface area contributed by atoms with Crippen molar-refractivity contribution >= 4 is 184 Å². The van der Waals surface area contributed by atoms with Crippen molar-refractivity contribution in [3.8, 4) is 11.5 Å². The number of fused-ring (bicyclic) bond motifs is 15. The summed E-state index contributed by atoms with van der Waals surface area (Å²) < 4.78 is 0. The molecule has 18 rings (SSSR count). The van der Waals surface area contributed by atoms with Gasteiger partial charge in [0.25, 0.3) is 5.91 Å². The zero-order valence-corrected chi connectivity index (χ0v) is 61.8. The minimum atomic E-state index is -0.289. The topological polar surface area (TPSA) is 253 Å². The van der Waals surface area contributed by atoms with Gasteiger partial charge in [-0.1, -0.05) is 166 Å². The van der Waals surface area contributed by atoms with Crippen molar-refractivity contribution in [2.45, 2.75) is 52.9 Å². The lowest BCUT2D eigenvalue weighted by Gasteiger charge is -2.25. The Balaban J connectivity index is 0.715. The van der Waals surface area contributed by atoms with E-state index in [1.165, 1.54) is 0 Å². The standard InChI is InChI=1S/C95H73N13O5/c1-4-55-19-7-13-25-76(55)96-83(109)53-61-49-59-32-47-74-71-23-11-17-29-80(71)99-89(74)86(59)91(93(61)111)106-103-65-36-42-68(43-37-65)108(67-40-34-64(35-41-67)102-105-82-52-63(95(113)101-78-27-15-9-21-57(78)6-3)51-58-31-46-73-70-22-10-16-28-79(70)98-88(73)85(58)82)69-44-38-66(39-45-69)104-107-92-87-60(33-48-75-72-24-12-18-30-81(72)100-90(75)87)50-62(94(92)112)54-84(110)97-77-26-14-8-20-56(77)5-2/h7-52,98-100,111-112H,4-6,53-54H2,1-3H3,(H,96,109)(H,97,110)(H,101,113). The van der Waals surface area contributed by atoms with Crippen LogP contribution in [0, 0.1) is 0 Å². The van der Waals surface area contributed by atoms with Crippen LogP contribution in [0.1, 0.15) is 58.9 Å². The molecule has 0 atom stereocenters. The fraction of sp³-hybridized carbons (Fsp3) is 0.0842. The van der Waals surface area contributed by atoms with Gasteiger partial charge in [-0.25, -0.2) is 0 Å². The highest BCUT2D eigenvalue weighted by Crippen LogP contribution is 2.48. The van der Waals surface area contributed by atoms with Crippen molar-refractivity contribution in [2.24, 2.45) is 30.7 Å². The average molecular weight is 1480 g/mol. The molecule has 0 aliphatic heterocycles. The normalized spacial score (nSPS) is 11.9. The first-order valence-electron chi connectivity index (χ1n) is 37.7. The number of rotatable bonds is 20. The third-order valence-electron chi connectivity index (χ3n) is 21.3. The summed E-state index contributed by atoms with van der Waals surface area (Å²) in [5.41, 5.74) is 16.3. The van der Waals surface area contributed by atoms with E-state index in [9.17, 15) is 24.6 Å². The number of hydrogen-bond donors (Lipinski definition) is 8. The number of H-pyrrole nitrogens is 3. The van der Waals surface area contributed by atoms with Crippen LogP contribution in [0.3, 0.4) is 0 Å². The van der Waals surface area contributed by atoms with Gasteiger partial charge in [0.1, 0.15) is 22.9 Å². The van der Waals surface area contributed by atoms with E-state index in [0.717, 1.165) is 146 Å².